The van der Waals surface area contributed by atoms with Crippen molar-refractivity contribution in [1.29, 1.82) is 0 Å². The standard InChI is InChI=1S/C17H26O/c1-6-8-13(2)9-7-10-14(3)15-11-16(18)17(4,5)12-15/h8,10-11H,6-7,9,12H2,1-5H3/b13-8+,14-10+. The van der Waals surface area contributed by atoms with E-state index in [1.54, 1.807) is 0 Å². The minimum absolute atomic E-state index is 0.192. The lowest BCUT2D eigenvalue weighted by atomic mass is 9.87. The summed E-state index contributed by atoms with van der Waals surface area (Å²) < 4.78 is 0. The van der Waals surface area contributed by atoms with Gasteiger partial charge in [0.2, 0.25) is 0 Å². The maximum atomic E-state index is 11.8. The first-order chi connectivity index (χ1) is 8.36. The zero-order valence-corrected chi connectivity index (χ0v) is 12.5. The molecule has 100 valence electrons. The normalized spacial score (nSPS) is 20.3. The first-order valence-electron chi connectivity index (χ1n) is 6.94. The zero-order valence-electron chi connectivity index (χ0n) is 12.5. The molecule has 0 aliphatic heterocycles. The summed E-state index contributed by atoms with van der Waals surface area (Å²) in [6.07, 6.45) is 10.6. The Bertz CT molecular complexity index is 405. The van der Waals surface area contributed by atoms with Crippen LogP contribution in [0.5, 0.6) is 0 Å². The van der Waals surface area contributed by atoms with Crippen LogP contribution < -0.4 is 0 Å². The fourth-order valence-electron chi connectivity index (χ4n) is 2.32. The summed E-state index contributed by atoms with van der Waals surface area (Å²) in [6.45, 7) is 10.5. The Morgan fingerprint density at radius 1 is 1.33 bits per heavy atom. The molecule has 1 heteroatoms. The molecule has 0 heterocycles. The number of carbonyl (C=O) groups is 1. The molecule has 1 aliphatic carbocycles. The van der Waals surface area contributed by atoms with Crippen molar-refractivity contribution >= 4 is 5.78 Å². The molecule has 0 aromatic heterocycles. The van der Waals surface area contributed by atoms with Crippen molar-refractivity contribution in [2.24, 2.45) is 5.41 Å². The minimum Gasteiger partial charge on any atom is -0.294 e. The zero-order chi connectivity index (χ0) is 13.8. The molecule has 0 fully saturated rings. The van der Waals surface area contributed by atoms with Crippen molar-refractivity contribution in [1.82, 2.24) is 0 Å². The topological polar surface area (TPSA) is 17.1 Å². The van der Waals surface area contributed by atoms with E-state index < -0.39 is 0 Å². The first kappa shape index (κ1) is 14.9. The molecule has 0 aromatic carbocycles. The van der Waals surface area contributed by atoms with E-state index in [-0.39, 0.29) is 11.2 Å². The van der Waals surface area contributed by atoms with Crippen LogP contribution >= 0.6 is 0 Å². The SMILES string of the molecule is CC/C=C(\C)CC/C=C(\C)C1=CC(=O)C(C)(C)C1. The second-order valence-corrected chi connectivity index (χ2v) is 5.98. The number of allylic oxidation sites excluding steroid dienone is 6. The van der Waals surface area contributed by atoms with Crippen molar-refractivity contribution in [2.45, 2.75) is 60.3 Å². The predicted octanol–water partition coefficient (Wildman–Crippen LogP) is 4.99. The van der Waals surface area contributed by atoms with Gasteiger partial charge in [0.25, 0.3) is 0 Å². The van der Waals surface area contributed by atoms with Crippen LogP contribution in [0.4, 0.5) is 0 Å². The number of ketones is 1. The molecule has 0 aromatic rings. The van der Waals surface area contributed by atoms with E-state index in [1.807, 2.05) is 19.9 Å². The summed E-state index contributed by atoms with van der Waals surface area (Å²) in [5.74, 6) is 0.271. The summed E-state index contributed by atoms with van der Waals surface area (Å²) in [7, 11) is 0. The number of hydrogen-bond acceptors (Lipinski definition) is 1. The Morgan fingerprint density at radius 2 is 2.00 bits per heavy atom. The summed E-state index contributed by atoms with van der Waals surface area (Å²) in [6, 6.07) is 0. The first-order valence-corrected chi connectivity index (χ1v) is 6.94. The Morgan fingerprint density at radius 3 is 2.50 bits per heavy atom. The van der Waals surface area contributed by atoms with Crippen molar-refractivity contribution in [3.8, 4) is 0 Å². The van der Waals surface area contributed by atoms with Gasteiger partial charge in [0.05, 0.1) is 0 Å². The molecule has 0 saturated heterocycles. The van der Waals surface area contributed by atoms with Gasteiger partial charge in [0.15, 0.2) is 5.78 Å². The Labute approximate surface area is 112 Å². The van der Waals surface area contributed by atoms with E-state index in [9.17, 15) is 4.79 Å². The summed E-state index contributed by atoms with van der Waals surface area (Å²) >= 11 is 0. The highest BCUT2D eigenvalue weighted by Crippen LogP contribution is 2.36. The third kappa shape index (κ3) is 3.97. The molecule has 0 amide bonds. The van der Waals surface area contributed by atoms with E-state index in [2.05, 4.69) is 32.9 Å². The second-order valence-electron chi connectivity index (χ2n) is 5.98. The molecule has 0 unspecified atom stereocenters. The van der Waals surface area contributed by atoms with Crippen molar-refractivity contribution in [3.63, 3.8) is 0 Å². The highest BCUT2D eigenvalue weighted by atomic mass is 16.1. The Kier molecular flexibility index (Phi) is 5.13. The van der Waals surface area contributed by atoms with Gasteiger partial charge in [-0.1, -0.05) is 44.1 Å². The van der Waals surface area contributed by atoms with Crippen molar-refractivity contribution < 1.29 is 4.79 Å². The molecule has 0 N–H and O–H groups in total. The van der Waals surface area contributed by atoms with Crippen LogP contribution in [0.1, 0.15) is 60.3 Å². The van der Waals surface area contributed by atoms with E-state index in [0.29, 0.717) is 0 Å². The lowest BCUT2D eigenvalue weighted by Gasteiger charge is -2.15. The Hall–Kier alpha value is -1.11. The van der Waals surface area contributed by atoms with Gasteiger partial charge in [-0.15, -0.1) is 0 Å². The van der Waals surface area contributed by atoms with Gasteiger partial charge in [-0.25, -0.2) is 0 Å². The molecule has 1 aliphatic rings. The predicted molar refractivity (Wildman–Crippen MR) is 78.5 cm³/mol. The second kappa shape index (κ2) is 6.17. The molecule has 1 nitrogen and oxygen atoms in total. The summed E-state index contributed by atoms with van der Waals surface area (Å²) in [5, 5.41) is 0. The maximum Gasteiger partial charge on any atom is 0.161 e. The van der Waals surface area contributed by atoms with Gasteiger partial charge < -0.3 is 0 Å². The van der Waals surface area contributed by atoms with Gasteiger partial charge in [-0.2, -0.15) is 0 Å². The average Bonchev–Trinajstić information content (AvgIpc) is 2.54. The molecule has 0 radical (unpaired) electrons. The fourth-order valence-corrected chi connectivity index (χ4v) is 2.32. The van der Waals surface area contributed by atoms with Crippen LogP contribution in [0, 0.1) is 5.41 Å². The van der Waals surface area contributed by atoms with Crippen LogP contribution in [0.25, 0.3) is 0 Å². The molecule has 0 atom stereocenters. The minimum atomic E-state index is -0.192. The van der Waals surface area contributed by atoms with Crippen LogP contribution in [0.15, 0.2) is 34.9 Å². The van der Waals surface area contributed by atoms with Crippen molar-refractivity contribution in [3.05, 3.63) is 34.9 Å². The van der Waals surface area contributed by atoms with E-state index in [1.165, 1.54) is 16.7 Å². The van der Waals surface area contributed by atoms with Gasteiger partial charge in [0.1, 0.15) is 0 Å². The van der Waals surface area contributed by atoms with Crippen molar-refractivity contribution in [2.75, 3.05) is 0 Å². The van der Waals surface area contributed by atoms with Gasteiger partial charge >= 0.3 is 0 Å². The summed E-state index contributed by atoms with van der Waals surface area (Å²) in [5.41, 5.74) is 3.77. The lowest BCUT2D eigenvalue weighted by Crippen LogP contribution is -2.16. The van der Waals surface area contributed by atoms with Crippen LogP contribution in [0.2, 0.25) is 0 Å². The fraction of sp³-hybridized carbons (Fsp3) is 0.588. The Balaban J connectivity index is 2.56. The highest BCUT2D eigenvalue weighted by molar-refractivity contribution is 5.98. The number of rotatable bonds is 5. The highest BCUT2D eigenvalue weighted by Gasteiger charge is 2.33. The summed E-state index contributed by atoms with van der Waals surface area (Å²) in [4.78, 5) is 11.8. The largest absolute Gasteiger partial charge is 0.294 e. The van der Waals surface area contributed by atoms with E-state index in [4.69, 9.17) is 0 Å². The average molecular weight is 246 g/mol. The molecule has 1 rings (SSSR count). The number of carbonyl (C=O) groups excluding carboxylic acids is 1. The molecular formula is C17H26O. The van der Waals surface area contributed by atoms with Crippen LogP contribution in [-0.2, 0) is 4.79 Å². The van der Waals surface area contributed by atoms with Crippen LogP contribution in [-0.4, -0.2) is 5.78 Å². The smallest absolute Gasteiger partial charge is 0.161 e. The molecule has 18 heavy (non-hydrogen) atoms. The van der Waals surface area contributed by atoms with E-state index in [0.717, 1.165) is 25.7 Å². The quantitative estimate of drug-likeness (QED) is 0.624. The molecule has 0 spiro atoms. The molecule has 0 bridgehead atoms. The van der Waals surface area contributed by atoms with Gasteiger partial charge in [0, 0.05) is 5.41 Å². The third-order valence-electron chi connectivity index (χ3n) is 3.65. The maximum absolute atomic E-state index is 11.8. The van der Waals surface area contributed by atoms with E-state index >= 15 is 0 Å². The van der Waals surface area contributed by atoms with Gasteiger partial charge in [-0.05, 0) is 51.2 Å². The van der Waals surface area contributed by atoms with Crippen LogP contribution in [0.3, 0.4) is 0 Å². The lowest BCUT2D eigenvalue weighted by molar-refractivity contribution is -0.121. The molecular weight excluding hydrogens is 220 g/mol. The van der Waals surface area contributed by atoms with Gasteiger partial charge in [-0.3, -0.25) is 4.79 Å². The monoisotopic (exact) mass is 246 g/mol. The third-order valence-corrected chi connectivity index (χ3v) is 3.65. The number of hydrogen-bond donors (Lipinski definition) is 0. The molecule has 0 saturated carbocycles.